The predicted octanol–water partition coefficient (Wildman–Crippen LogP) is 1.88. The largest absolute Gasteiger partial charge is 0.356 e. The minimum Gasteiger partial charge on any atom is -0.356 e. The van der Waals surface area contributed by atoms with Gasteiger partial charge in [0.2, 0.25) is 10.0 Å². The third-order valence-corrected chi connectivity index (χ3v) is 6.64. The van der Waals surface area contributed by atoms with Crippen molar-refractivity contribution in [3.63, 3.8) is 0 Å². The number of aliphatic imine (C=N–C) groups is 1. The summed E-state index contributed by atoms with van der Waals surface area (Å²) in [5, 5.41) is 6.36. The van der Waals surface area contributed by atoms with Gasteiger partial charge < -0.3 is 10.6 Å². The van der Waals surface area contributed by atoms with Gasteiger partial charge in [0, 0.05) is 32.7 Å². The number of halogens is 2. The lowest BCUT2D eigenvalue weighted by Gasteiger charge is -2.32. The van der Waals surface area contributed by atoms with Crippen LogP contribution in [0.5, 0.6) is 0 Å². The van der Waals surface area contributed by atoms with Gasteiger partial charge in [-0.15, -0.1) is 0 Å². The fraction of sp³-hybridized carbons (Fsp3) is 0.611. The summed E-state index contributed by atoms with van der Waals surface area (Å²) in [5.41, 5.74) is 0.312. The third kappa shape index (κ3) is 6.42. The molecule has 152 valence electrons. The fourth-order valence-corrected chi connectivity index (χ4v) is 4.65. The topological polar surface area (TPSA) is 73.8 Å². The van der Waals surface area contributed by atoms with Crippen LogP contribution < -0.4 is 10.6 Å². The van der Waals surface area contributed by atoms with Crippen molar-refractivity contribution in [1.29, 1.82) is 0 Å². The van der Waals surface area contributed by atoms with E-state index in [1.54, 1.807) is 11.4 Å². The molecule has 0 aliphatic carbocycles. The number of guanidine groups is 1. The van der Waals surface area contributed by atoms with Crippen molar-refractivity contribution >= 4 is 16.0 Å². The van der Waals surface area contributed by atoms with Crippen molar-refractivity contribution in [2.24, 2.45) is 4.99 Å². The summed E-state index contributed by atoms with van der Waals surface area (Å²) in [4.78, 5) is 4.15. The van der Waals surface area contributed by atoms with E-state index >= 15 is 0 Å². The second-order valence-electron chi connectivity index (χ2n) is 6.62. The summed E-state index contributed by atoms with van der Waals surface area (Å²) < 4.78 is 52.6. The highest BCUT2D eigenvalue weighted by atomic mass is 32.2. The van der Waals surface area contributed by atoms with E-state index in [9.17, 15) is 17.2 Å². The van der Waals surface area contributed by atoms with Crippen LogP contribution in [0.3, 0.4) is 0 Å². The first-order chi connectivity index (χ1) is 12.9. The molecule has 1 heterocycles. The lowest BCUT2D eigenvalue weighted by molar-refractivity contribution is 0.306. The second kappa shape index (κ2) is 9.98. The Balaban J connectivity index is 1.78. The quantitative estimate of drug-likeness (QED) is 0.540. The lowest BCUT2D eigenvalue weighted by Crippen LogP contribution is -2.50. The van der Waals surface area contributed by atoms with Gasteiger partial charge in [0.25, 0.3) is 0 Å². The van der Waals surface area contributed by atoms with Gasteiger partial charge in [-0.3, -0.25) is 4.99 Å². The van der Waals surface area contributed by atoms with Gasteiger partial charge in [-0.2, -0.15) is 0 Å². The van der Waals surface area contributed by atoms with E-state index in [2.05, 4.69) is 15.6 Å². The third-order valence-electron chi connectivity index (χ3n) is 4.57. The Bertz CT molecular complexity index is 748. The average Bonchev–Trinajstić information content (AvgIpc) is 2.64. The number of sulfonamides is 1. The molecule has 9 heteroatoms. The summed E-state index contributed by atoms with van der Waals surface area (Å²) in [7, 11) is -1.51. The van der Waals surface area contributed by atoms with Crippen molar-refractivity contribution < 1.29 is 17.2 Å². The van der Waals surface area contributed by atoms with Gasteiger partial charge >= 0.3 is 0 Å². The molecule has 2 N–H and O–H groups in total. The van der Waals surface area contributed by atoms with Gasteiger partial charge in [-0.1, -0.05) is 6.92 Å². The van der Waals surface area contributed by atoms with Crippen LogP contribution in [-0.4, -0.2) is 57.2 Å². The molecule has 0 aromatic heterocycles. The van der Waals surface area contributed by atoms with Crippen molar-refractivity contribution in [3.05, 3.63) is 35.4 Å². The highest BCUT2D eigenvalue weighted by Gasteiger charge is 2.27. The van der Waals surface area contributed by atoms with Crippen LogP contribution in [0.4, 0.5) is 8.78 Å². The molecule has 2 rings (SSSR count). The van der Waals surface area contributed by atoms with E-state index in [-0.39, 0.29) is 11.8 Å². The molecule has 0 atom stereocenters. The first-order valence-electron chi connectivity index (χ1n) is 9.24. The molecule has 1 aliphatic rings. The molecule has 1 aromatic carbocycles. The molecule has 1 fully saturated rings. The Morgan fingerprint density at radius 3 is 2.63 bits per heavy atom. The van der Waals surface area contributed by atoms with Gasteiger partial charge in [0.05, 0.1) is 5.75 Å². The first-order valence-corrected chi connectivity index (χ1v) is 10.9. The summed E-state index contributed by atoms with van der Waals surface area (Å²) in [6.07, 6.45) is 2.34. The minimum atomic E-state index is -3.15. The first kappa shape index (κ1) is 21.6. The van der Waals surface area contributed by atoms with E-state index in [1.165, 1.54) is 6.07 Å². The van der Waals surface area contributed by atoms with Gasteiger partial charge in [-0.25, -0.2) is 21.5 Å². The van der Waals surface area contributed by atoms with E-state index in [1.807, 2.05) is 6.92 Å². The number of benzene rings is 1. The van der Waals surface area contributed by atoms with E-state index in [0.717, 1.165) is 12.1 Å². The Labute approximate surface area is 160 Å². The molecule has 1 aliphatic heterocycles. The number of rotatable bonds is 7. The summed E-state index contributed by atoms with van der Waals surface area (Å²) in [6, 6.07) is 3.53. The zero-order valence-corrected chi connectivity index (χ0v) is 16.7. The Morgan fingerprint density at radius 2 is 2.00 bits per heavy atom. The predicted molar refractivity (Wildman–Crippen MR) is 103 cm³/mol. The molecule has 1 saturated heterocycles. The second-order valence-corrected chi connectivity index (χ2v) is 8.71. The summed E-state index contributed by atoms with van der Waals surface area (Å²) in [5.74, 6) is -0.132. The molecular weight excluding hydrogens is 374 g/mol. The molecule has 0 amide bonds. The normalized spacial score (nSPS) is 17.1. The van der Waals surface area contributed by atoms with E-state index in [0.29, 0.717) is 56.8 Å². The zero-order chi connectivity index (χ0) is 19.9. The van der Waals surface area contributed by atoms with Crippen LogP contribution in [-0.2, 0) is 16.4 Å². The Hall–Kier alpha value is -1.74. The molecule has 6 nitrogen and oxygen atoms in total. The summed E-state index contributed by atoms with van der Waals surface area (Å²) in [6.45, 7) is 3.25. The van der Waals surface area contributed by atoms with E-state index in [4.69, 9.17) is 0 Å². The maximum absolute atomic E-state index is 13.6. The number of hydrogen-bond donors (Lipinski definition) is 2. The average molecular weight is 403 g/mol. The summed E-state index contributed by atoms with van der Waals surface area (Å²) >= 11 is 0. The maximum atomic E-state index is 13.6. The van der Waals surface area contributed by atoms with Crippen molar-refractivity contribution in [1.82, 2.24) is 14.9 Å². The van der Waals surface area contributed by atoms with Crippen LogP contribution in [0.1, 0.15) is 31.7 Å². The number of nitrogens with zero attached hydrogens (tertiary/aromatic N) is 2. The fourth-order valence-electron chi connectivity index (χ4n) is 3.10. The molecule has 1 aromatic rings. The van der Waals surface area contributed by atoms with Gasteiger partial charge in [-0.05, 0) is 49.4 Å². The highest BCUT2D eigenvalue weighted by Crippen LogP contribution is 2.15. The molecule has 0 saturated carbocycles. The van der Waals surface area contributed by atoms with Crippen LogP contribution in [0, 0.1) is 11.6 Å². The number of piperidine rings is 1. The minimum absolute atomic E-state index is 0.121. The lowest BCUT2D eigenvalue weighted by atomic mass is 10.1. The van der Waals surface area contributed by atoms with Crippen LogP contribution in [0.15, 0.2) is 23.2 Å². The highest BCUT2D eigenvalue weighted by molar-refractivity contribution is 7.89. The number of nitrogens with one attached hydrogen (secondary N) is 2. The standard InChI is InChI=1S/C18H28F2N4O2S/c1-3-12-27(25,26)24-10-7-16(8-11-24)23-18(21-2)22-9-6-14-13-15(19)4-5-17(14)20/h4-5,13,16H,3,6-12H2,1-2H3,(H2,21,22,23). The maximum Gasteiger partial charge on any atom is 0.214 e. The SMILES string of the molecule is CCCS(=O)(=O)N1CCC(NC(=NC)NCCc2cc(F)ccc2F)CC1. The Morgan fingerprint density at radius 1 is 1.30 bits per heavy atom. The smallest absolute Gasteiger partial charge is 0.214 e. The van der Waals surface area contributed by atoms with Crippen LogP contribution in [0.25, 0.3) is 0 Å². The molecule has 0 unspecified atom stereocenters. The van der Waals surface area contributed by atoms with Crippen LogP contribution >= 0.6 is 0 Å². The molecule has 0 radical (unpaired) electrons. The molecule has 0 bridgehead atoms. The molecular formula is C18H28F2N4O2S. The molecule has 0 spiro atoms. The zero-order valence-electron chi connectivity index (χ0n) is 15.8. The van der Waals surface area contributed by atoms with Crippen LogP contribution in [0.2, 0.25) is 0 Å². The monoisotopic (exact) mass is 402 g/mol. The number of hydrogen-bond acceptors (Lipinski definition) is 3. The van der Waals surface area contributed by atoms with Crippen molar-refractivity contribution in [2.75, 3.05) is 32.4 Å². The Kier molecular flexibility index (Phi) is 7.97. The molecule has 27 heavy (non-hydrogen) atoms. The van der Waals surface area contributed by atoms with Gasteiger partial charge in [0.15, 0.2) is 5.96 Å². The van der Waals surface area contributed by atoms with Crippen molar-refractivity contribution in [3.8, 4) is 0 Å². The van der Waals surface area contributed by atoms with E-state index < -0.39 is 21.7 Å². The van der Waals surface area contributed by atoms with Crippen molar-refractivity contribution in [2.45, 2.75) is 38.6 Å². The van der Waals surface area contributed by atoms with Gasteiger partial charge in [0.1, 0.15) is 11.6 Å².